The van der Waals surface area contributed by atoms with Crippen LogP contribution in [0.15, 0.2) is 21.5 Å². The normalized spacial score (nSPS) is 11.7. The van der Waals surface area contributed by atoms with Crippen LogP contribution in [-0.4, -0.2) is 8.42 Å². The van der Waals surface area contributed by atoms with Gasteiger partial charge in [0.05, 0.1) is 0 Å². The maximum Gasteiger partial charge on any atom is 0.333 e. The highest BCUT2D eigenvalue weighted by Crippen LogP contribution is 2.25. The first-order valence-electron chi connectivity index (χ1n) is 2.91. The molecular weight excluding hydrogens is 273 g/mol. The first kappa shape index (κ1) is 10.5. The molecule has 0 fully saturated rings. The van der Waals surface area contributed by atoms with Gasteiger partial charge < -0.3 is 0 Å². The van der Waals surface area contributed by atoms with Crippen LogP contribution in [0, 0.1) is 11.6 Å². The molecule has 0 radical (unpaired) electrons. The first-order valence-corrected chi connectivity index (χ1v) is 5.09. The average molecular weight is 275 g/mol. The van der Waals surface area contributed by atoms with E-state index in [-0.39, 0.29) is 10.5 Å². The standard InChI is InChI=1S/C6H2BrF3O2S/c7-3-1-4(8)5(9)2-6(3)13(10,11)12/h1-2H. The fourth-order valence-electron chi connectivity index (χ4n) is 0.691. The van der Waals surface area contributed by atoms with Crippen molar-refractivity contribution in [3.63, 3.8) is 0 Å². The second kappa shape index (κ2) is 3.30. The Morgan fingerprint density at radius 1 is 1.15 bits per heavy atom. The van der Waals surface area contributed by atoms with Crippen molar-refractivity contribution in [1.82, 2.24) is 0 Å². The lowest BCUT2D eigenvalue weighted by molar-refractivity contribution is 0.501. The SMILES string of the molecule is O=S(=O)(F)c1cc(F)c(F)cc1Br. The smallest absolute Gasteiger partial charge is 0.204 e. The summed E-state index contributed by atoms with van der Waals surface area (Å²) in [6.45, 7) is 0. The molecule has 0 amide bonds. The van der Waals surface area contributed by atoms with Crippen molar-refractivity contribution in [3.8, 4) is 0 Å². The third kappa shape index (κ3) is 2.22. The van der Waals surface area contributed by atoms with Gasteiger partial charge in [0.15, 0.2) is 11.6 Å². The Bertz CT molecular complexity index is 443. The fourth-order valence-corrected chi connectivity index (χ4v) is 2.12. The van der Waals surface area contributed by atoms with E-state index < -0.39 is 26.8 Å². The first-order chi connectivity index (χ1) is 5.82. The number of rotatable bonds is 1. The lowest BCUT2D eigenvalue weighted by Crippen LogP contribution is -1.96. The molecule has 13 heavy (non-hydrogen) atoms. The molecule has 0 bridgehead atoms. The van der Waals surface area contributed by atoms with E-state index in [0.717, 1.165) is 0 Å². The Hall–Kier alpha value is -0.560. The van der Waals surface area contributed by atoms with Crippen molar-refractivity contribution >= 4 is 26.2 Å². The monoisotopic (exact) mass is 274 g/mol. The molecule has 0 saturated carbocycles. The van der Waals surface area contributed by atoms with Gasteiger partial charge in [-0.25, -0.2) is 8.78 Å². The molecule has 1 aromatic carbocycles. The molecule has 0 saturated heterocycles. The Labute approximate surface area is 80.7 Å². The topological polar surface area (TPSA) is 34.1 Å². The van der Waals surface area contributed by atoms with Crippen molar-refractivity contribution < 1.29 is 21.1 Å². The van der Waals surface area contributed by atoms with Crippen LogP contribution in [0.25, 0.3) is 0 Å². The molecule has 0 aliphatic carbocycles. The molecule has 0 aliphatic rings. The molecule has 0 aliphatic heterocycles. The molecule has 0 spiro atoms. The molecule has 1 rings (SSSR count). The number of benzene rings is 1. The largest absolute Gasteiger partial charge is 0.333 e. The fraction of sp³-hybridized carbons (Fsp3) is 0. The van der Waals surface area contributed by atoms with Gasteiger partial charge >= 0.3 is 10.2 Å². The zero-order valence-corrected chi connectivity index (χ0v) is 8.29. The summed E-state index contributed by atoms with van der Waals surface area (Å²) in [7, 11) is -5.03. The molecule has 2 nitrogen and oxygen atoms in total. The predicted octanol–water partition coefficient (Wildman–Crippen LogP) is 2.39. The van der Waals surface area contributed by atoms with Crippen LogP contribution in [0.2, 0.25) is 0 Å². The molecule has 0 heterocycles. The molecular formula is C6H2BrF3O2S. The van der Waals surface area contributed by atoms with E-state index in [1.807, 2.05) is 0 Å². The summed E-state index contributed by atoms with van der Waals surface area (Å²) in [4.78, 5) is -0.925. The highest BCUT2D eigenvalue weighted by atomic mass is 79.9. The van der Waals surface area contributed by atoms with E-state index in [1.54, 1.807) is 0 Å². The molecule has 7 heteroatoms. The minimum atomic E-state index is -5.03. The van der Waals surface area contributed by atoms with E-state index >= 15 is 0 Å². The number of halogens is 4. The van der Waals surface area contributed by atoms with Gasteiger partial charge in [0, 0.05) is 4.47 Å². The second-order valence-electron chi connectivity index (χ2n) is 2.13. The summed E-state index contributed by atoms with van der Waals surface area (Å²) in [6, 6.07) is 0.816. The number of hydrogen-bond acceptors (Lipinski definition) is 2. The van der Waals surface area contributed by atoms with Crippen molar-refractivity contribution in [1.29, 1.82) is 0 Å². The second-order valence-corrected chi connectivity index (χ2v) is 4.30. The average Bonchev–Trinajstić information content (AvgIpc) is 1.94. The summed E-state index contributed by atoms with van der Waals surface area (Å²) in [5, 5.41) is 0. The quantitative estimate of drug-likeness (QED) is 0.582. The van der Waals surface area contributed by atoms with Crippen LogP contribution in [0.4, 0.5) is 12.7 Å². The summed E-state index contributed by atoms with van der Waals surface area (Å²) < 4.78 is 57.5. The van der Waals surface area contributed by atoms with Gasteiger partial charge in [-0.3, -0.25) is 0 Å². The lowest BCUT2D eigenvalue weighted by Gasteiger charge is -1.99. The highest BCUT2D eigenvalue weighted by molar-refractivity contribution is 9.10. The third-order valence-corrected chi connectivity index (χ3v) is 3.02. The minimum Gasteiger partial charge on any atom is -0.204 e. The Morgan fingerprint density at radius 3 is 2.08 bits per heavy atom. The van der Waals surface area contributed by atoms with E-state index in [1.165, 1.54) is 0 Å². The van der Waals surface area contributed by atoms with Gasteiger partial charge in [-0.2, -0.15) is 8.42 Å². The van der Waals surface area contributed by atoms with Crippen molar-refractivity contribution in [2.24, 2.45) is 0 Å². The predicted molar refractivity (Wildman–Crippen MR) is 42.4 cm³/mol. The summed E-state index contributed by atoms with van der Waals surface area (Å²) in [5.74, 6) is -2.67. The van der Waals surface area contributed by atoms with Crippen molar-refractivity contribution in [3.05, 3.63) is 28.2 Å². The van der Waals surface area contributed by atoms with E-state index in [9.17, 15) is 21.1 Å². The lowest BCUT2D eigenvalue weighted by atomic mass is 10.3. The zero-order chi connectivity index (χ0) is 10.2. The molecule has 72 valence electrons. The number of hydrogen-bond donors (Lipinski definition) is 0. The Kier molecular flexibility index (Phi) is 2.67. The van der Waals surface area contributed by atoms with Gasteiger partial charge in [0.1, 0.15) is 4.90 Å². The van der Waals surface area contributed by atoms with Crippen LogP contribution in [0.3, 0.4) is 0 Å². The summed E-state index contributed by atoms with van der Waals surface area (Å²) in [6.07, 6.45) is 0. The van der Waals surface area contributed by atoms with Gasteiger partial charge in [-0.1, -0.05) is 0 Å². The van der Waals surface area contributed by atoms with Gasteiger partial charge in [0.25, 0.3) is 0 Å². The summed E-state index contributed by atoms with van der Waals surface area (Å²) >= 11 is 2.59. The van der Waals surface area contributed by atoms with Crippen LogP contribution < -0.4 is 0 Å². The van der Waals surface area contributed by atoms with Crippen LogP contribution in [-0.2, 0) is 10.2 Å². The molecule has 1 aromatic rings. The maximum absolute atomic E-state index is 12.5. The van der Waals surface area contributed by atoms with Gasteiger partial charge in [-0.15, -0.1) is 3.89 Å². The molecule has 0 atom stereocenters. The van der Waals surface area contributed by atoms with Crippen molar-refractivity contribution in [2.45, 2.75) is 4.90 Å². The molecule has 0 aromatic heterocycles. The molecule has 0 unspecified atom stereocenters. The van der Waals surface area contributed by atoms with Gasteiger partial charge in [-0.05, 0) is 28.1 Å². The van der Waals surface area contributed by atoms with Crippen LogP contribution in [0.5, 0.6) is 0 Å². The van der Waals surface area contributed by atoms with E-state index in [2.05, 4.69) is 15.9 Å². The summed E-state index contributed by atoms with van der Waals surface area (Å²) in [5.41, 5.74) is 0. The van der Waals surface area contributed by atoms with Gasteiger partial charge in [0.2, 0.25) is 0 Å². The third-order valence-electron chi connectivity index (χ3n) is 1.24. The Balaban J connectivity index is 3.50. The maximum atomic E-state index is 12.5. The van der Waals surface area contributed by atoms with Crippen LogP contribution in [0.1, 0.15) is 0 Å². The van der Waals surface area contributed by atoms with Crippen molar-refractivity contribution in [2.75, 3.05) is 0 Å². The van der Waals surface area contributed by atoms with E-state index in [4.69, 9.17) is 0 Å². The zero-order valence-electron chi connectivity index (χ0n) is 5.89. The van der Waals surface area contributed by atoms with Crippen LogP contribution >= 0.6 is 15.9 Å². The Morgan fingerprint density at radius 2 is 1.62 bits per heavy atom. The highest BCUT2D eigenvalue weighted by Gasteiger charge is 2.19. The van der Waals surface area contributed by atoms with E-state index in [0.29, 0.717) is 6.07 Å². The molecule has 0 N–H and O–H groups in total. The minimum absolute atomic E-state index is 0.273.